The third-order valence-electron chi connectivity index (χ3n) is 5.00. The second-order valence-corrected chi connectivity index (χ2v) is 7.29. The molecule has 0 spiro atoms. The molecule has 2 saturated heterocycles. The van der Waals surface area contributed by atoms with Crippen LogP contribution in [0.2, 0.25) is 0 Å². The summed E-state index contributed by atoms with van der Waals surface area (Å²) in [5.41, 5.74) is 1.31. The highest BCUT2D eigenvalue weighted by atomic mass is 19.4. The number of amides is 1. The van der Waals surface area contributed by atoms with Crippen molar-refractivity contribution < 1.29 is 37.3 Å². The van der Waals surface area contributed by atoms with Crippen molar-refractivity contribution in [3.05, 3.63) is 54.0 Å². The van der Waals surface area contributed by atoms with Crippen molar-refractivity contribution in [2.24, 2.45) is 0 Å². The molecule has 0 aliphatic carbocycles. The number of alkyl halides is 3. The number of fused-ring (bicyclic) bond motifs is 1. The zero-order chi connectivity index (χ0) is 23.3. The highest BCUT2D eigenvalue weighted by Crippen LogP contribution is 2.32. The third kappa shape index (κ3) is 5.72. The predicted molar refractivity (Wildman–Crippen MR) is 105 cm³/mol. The molecule has 8 nitrogen and oxygen atoms in total. The van der Waals surface area contributed by atoms with Gasteiger partial charge in [0.05, 0.1) is 12.6 Å². The molecule has 1 amide bonds. The molecule has 2 aliphatic rings. The molecule has 2 fully saturated rings. The summed E-state index contributed by atoms with van der Waals surface area (Å²) >= 11 is 0. The number of pyridine rings is 2. The fraction of sp³-hybridized carbons (Fsp3) is 0.429. The Labute approximate surface area is 182 Å². The average Bonchev–Trinajstić information content (AvgIpc) is 3.12. The van der Waals surface area contributed by atoms with Crippen LogP contribution in [0.4, 0.5) is 13.2 Å². The Kier molecular flexibility index (Phi) is 7.29. The van der Waals surface area contributed by atoms with Crippen LogP contribution in [0.1, 0.15) is 29.0 Å². The van der Waals surface area contributed by atoms with Crippen LogP contribution in [0.3, 0.4) is 0 Å². The molecule has 0 unspecified atom stereocenters. The van der Waals surface area contributed by atoms with Gasteiger partial charge in [0, 0.05) is 24.6 Å². The molecule has 3 atom stereocenters. The van der Waals surface area contributed by atoms with Crippen molar-refractivity contribution in [2.75, 3.05) is 13.2 Å². The van der Waals surface area contributed by atoms with Crippen molar-refractivity contribution in [3.8, 4) is 5.88 Å². The van der Waals surface area contributed by atoms with Crippen LogP contribution in [0.15, 0.2) is 42.6 Å². The minimum Gasteiger partial charge on any atom is -0.475 e. The monoisotopic (exact) mass is 453 g/mol. The maximum Gasteiger partial charge on any atom is 0.490 e. The summed E-state index contributed by atoms with van der Waals surface area (Å²) in [7, 11) is 0. The second kappa shape index (κ2) is 9.94. The van der Waals surface area contributed by atoms with Gasteiger partial charge in [-0.15, -0.1) is 0 Å². The topological polar surface area (TPSA) is 102 Å². The van der Waals surface area contributed by atoms with Crippen LogP contribution in [0.5, 0.6) is 5.88 Å². The molecule has 2 aliphatic heterocycles. The van der Waals surface area contributed by atoms with Gasteiger partial charge in [-0.25, -0.2) is 14.8 Å². The smallest absolute Gasteiger partial charge is 0.475 e. The van der Waals surface area contributed by atoms with E-state index in [-0.39, 0.29) is 24.2 Å². The Balaban J connectivity index is 0.000000360. The summed E-state index contributed by atoms with van der Waals surface area (Å²) in [5.74, 6) is -2.26. The van der Waals surface area contributed by atoms with E-state index >= 15 is 0 Å². The average molecular weight is 453 g/mol. The van der Waals surface area contributed by atoms with Gasteiger partial charge in [-0.2, -0.15) is 13.2 Å². The Hall–Kier alpha value is -3.21. The molecule has 2 aromatic rings. The number of hydrogen-bond donors (Lipinski definition) is 1. The highest BCUT2D eigenvalue weighted by molar-refractivity contribution is 5.93. The Bertz CT molecular complexity index is 942. The van der Waals surface area contributed by atoms with Crippen LogP contribution in [0.25, 0.3) is 0 Å². The largest absolute Gasteiger partial charge is 0.490 e. The minimum atomic E-state index is -5.08. The lowest BCUT2D eigenvalue weighted by molar-refractivity contribution is -0.192. The van der Waals surface area contributed by atoms with Crippen molar-refractivity contribution in [3.63, 3.8) is 0 Å². The van der Waals surface area contributed by atoms with Gasteiger partial charge >= 0.3 is 12.1 Å². The van der Waals surface area contributed by atoms with Gasteiger partial charge < -0.3 is 19.5 Å². The van der Waals surface area contributed by atoms with Crippen LogP contribution < -0.4 is 4.74 Å². The van der Waals surface area contributed by atoms with Gasteiger partial charge in [0.2, 0.25) is 5.88 Å². The summed E-state index contributed by atoms with van der Waals surface area (Å²) in [4.78, 5) is 32.3. The van der Waals surface area contributed by atoms with Gasteiger partial charge in [0.1, 0.15) is 17.9 Å². The quantitative estimate of drug-likeness (QED) is 0.763. The van der Waals surface area contributed by atoms with E-state index in [0.29, 0.717) is 24.7 Å². The predicted octanol–water partition coefficient (Wildman–Crippen LogP) is 2.87. The van der Waals surface area contributed by atoms with E-state index in [1.54, 1.807) is 12.3 Å². The maximum absolute atomic E-state index is 13.0. The number of carbonyl (C=O) groups is 2. The lowest BCUT2D eigenvalue weighted by atomic mass is 10.0. The molecule has 0 radical (unpaired) electrons. The first-order valence-corrected chi connectivity index (χ1v) is 9.91. The van der Waals surface area contributed by atoms with Gasteiger partial charge in [0.25, 0.3) is 5.91 Å². The normalized spacial score (nSPS) is 22.4. The molecular weight excluding hydrogens is 431 g/mol. The van der Waals surface area contributed by atoms with E-state index in [1.165, 1.54) is 0 Å². The summed E-state index contributed by atoms with van der Waals surface area (Å²) < 4.78 is 43.7. The Morgan fingerprint density at radius 3 is 2.59 bits per heavy atom. The van der Waals surface area contributed by atoms with E-state index in [1.807, 2.05) is 42.2 Å². The molecule has 0 saturated carbocycles. The van der Waals surface area contributed by atoms with Crippen LogP contribution in [0, 0.1) is 6.92 Å². The maximum atomic E-state index is 13.0. The summed E-state index contributed by atoms with van der Waals surface area (Å²) in [6.45, 7) is 3.08. The zero-order valence-corrected chi connectivity index (χ0v) is 17.2. The first-order chi connectivity index (χ1) is 15.2. The van der Waals surface area contributed by atoms with E-state index < -0.39 is 12.1 Å². The van der Waals surface area contributed by atoms with Crippen molar-refractivity contribution in [1.29, 1.82) is 0 Å². The second-order valence-electron chi connectivity index (χ2n) is 7.29. The minimum absolute atomic E-state index is 0.0253. The number of aromatic nitrogens is 2. The number of hydrogen-bond acceptors (Lipinski definition) is 6. The van der Waals surface area contributed by atoms with Crippen molar-refractivity contribution in [2.45, 2.75) is 44.2 Å². The number of likely N-dealkylation sites (tertiary alicyclic amines) is 1. The molecular formula is C21H22F3N3O5. The van der Waals surface area contributed by atoms with Gasteiger partial charge in [-0.05, 0) is 38.0 Å². The number of aliphatic carboxylic acids is 1. The number of carbonyl (C=O) groups excluding carboxylic acids is 1. The Morgan fingerprint density at radius 2 is 1.97 bits per heavy atom. The lowest BCUT2D eigenvalue weighted by Crippen LogP contribution is -2.44. The molecule has 2 aromatic heterocycles. The van der Waals surface area contributed by atoms with E-state index in [4.69, 9.17) is 19.4 Å². The number of aryl methyl sites for hydroxylation is 1. The molecule has 4 rings (SSSR count). The van der Waals surface area contributed by atoms with E-state index in [0.717, 1.165) is 18.5 Å². The third-order valence-corrected chi connectivity index (χ3v) is 5.00. The van der Waals surface area contributed by atoms with Crippen LogP contribution >= 0.6 is 0 Å². The summed E-state index contributed by atoms with van der Waals surface area (Å²) in [6, 6.07) is 11.1. The SMILES string of the molecule is Cc1cccc(C(=O)N2C[C@H](Oc3ccccn3)[C@H]3OCCC[C@H]32)n1.O=C(O)C(F)(F)F. The van der Waals surface area contributed by atoms with Crippen LogP contribution in [-0.4, -0.2) is 69.4 Å². The fourth-order valence-corrected chi connectivity index (χ4v) is 3.63. The van der Waals surface area contributed by atoms with Gasteiger partial charge in [-0.1, -0.05) is 12.1 Å². The summed E-state index contributed by atoms with van der Waals surface area (Å²) in [6.07, 6.45) is -1.85. The number of rotatable bonds is 3. The summed E-state index contributed by atoms with van der Waals surface area (Å²) in [5, 5.41) is 7.12. The standard InChI is InChI=1S/C19H21N3O3.C2HF3O2/c1-13-6-4-7-14(21-13)19(23)22-12-16(18-15(22)8-5-11-24-18)25-17-9-2-3-10-20-17;3-2(4,5)1(6)7/h2-4,6-7,9-10,15-16,18H,5,8,11-12H2,1H3;(H,6,7)/t15-,16+,18+;/m1./s1. The van der Waals surface area contributed by atoms with Gasteiger partial charge in [-0.3, -0.25) is 4.79 Å². The van der Waals surface area contributed by atoms with Crippen molar-refractivity contribution in [1.82, 2.24) is 14.9 Å². The number of ether oxygens (including phenoxy) is 2. The number of carboxylic acid groups (broad SMARTS) is 1. The molecule has 32 heavy (non-hydrogen) atoms. The van der Waals surface area contributed by atoms with E-state index in [2.05, 4.69) is 9.97 Å². The molecule has 11 heteroatoms. The first-order valence-electron chi connectivity index (χ1n) is 9.91. The lowest BCUT2D eigenvalue weighted by Gasteiger charge is -2.31. The van der Waals surface area contributed by atoms with Crippen LogP contribution in [-0.2, 0) is 9.53 Å². The first kappa shape index (κ1) is 23.5. The molecule has 4 heterocycles. The fourth-order valence-electron chi connectivity index (χ4n) is 3.63. The highest BCUT2D eigenvalue weighted by Gasteiger charge is 2.48. The Morgan fingerprint density at radius 1 is 1.22 bits per heavy atom. The number of carboxylic acids is 1. The molecule has 0 bridgehead atoms. The van der Waals surface area contributed by atoms with Gasteiger partial charge in [0.15, 0.2) is 0 Å². The van der Waals surface area contributed by atoms with E-state index in [9.17, 15) is 18.0 Å². The van der Waals surface area contributed by atoms with Crippen molar-refractivity contribution >= 4 is 11.9 Å². The zero-order valence-electron chi connectivity index (χ0n) is 17.2. The molecule has 0 aromatic carbocycles. The number of halogens is 3. The molecule has 1 N–H and O–H groups in total. The number of nitrogens with zero attached hydrogens (tertiary/aromatic N) is 3. The molecule has 172 valence electrons.